The number of esters is 2. The minimum atomic E-state index is -0.163. The zero-order valence-corrected chi connectivity index (χ0v) is 13.0. The van der Waals surface area contributed by atoms with Crippen molar-refractivity contribution in [2.24, 2.45) is 11.8 Å². The molecule has 116 valence electrons. The molecule has 1 aliphatic rings. The third-order valence-electron chi connectivity index (χ3n) is 3.68. The lowest BCUT2D eigenvalue weighted by molar-refractivity contribution is -0.157. The smallest absolute Gasteiger partial charge is 0.309 e. The van der Waals surface area contributed by atoms with Gasteiger partial charge in [-0.15, -0.1) is 0 Å². The number of hydrogen-bond donors (Lipinski definition) is 0. The van der Waals surface area contributed by atoms with Crippen LogP contribution >= 0.6 is 0 Å². The van der Waals surface area contributed by atoms with Crippen LogP contribution < -0.4 is 0 Å². The monoisotopic (exact) mass is 284 g/mol. The summed E-state index contributed by atoms with van der Waals surface area (Å²) in [7, 11) is 0. The molecule has 0 aromatic heterocycles. The van der Waals surface area contributed by atoms with Gasteiger partial charge in [0.25, 0.3) is 0 Å². The van der Waals surface area contributed by atoms with Crippen LogP contribution in [0.15, 0.2) is 0 Å². The number of carbonyl (C=O) groups excluding carboxylic acids is 2. The average molecular weight is 284 g/mol. The van der Waals surface area contributed by atoms with Gasteiger partial charge in [0.15, 0.2) is 0 Å². The van der Waals surface area contributed by atoms with Gasteiger partial charge in [-0.1, -0.05) is 26.2 Å². The van der Waals surface area contributed by atoms with Crippen LogP contribution in [0.5, 0.6) is 0 Å². The minimum absolute atomic E-state index is 0.0936. The molecule has 1 fully saturated rings. The predicted octanol–water partition coefficient (Wildman–Crippen LogP) is 3.48. The van der Waals surface area contributed by atoms with Crippen LogP contribution in [0.3, 0.4) is 0 Å². The maximum Gasteiger partial charge on any atom is 0.309 e. The van der Waals surface area contributed by atoms with E-state index in [9.17, 15) is 9.59 Å². The predicted molar refractivity (Wildman–Crippen MR) is 77.2 cm³/mol. The first kappa shape index (κ1) is 17.0. The standard InChI is InChI=1S/C16H28O4/c1-4-5-6-10-19-15(17)13-8-7-9-14(11-13)16(18)20-12(2)3/h12-14H,4-11H2,1-3H3. The van der Waals surface area contributed by atoms with Gasteiger partial charge < -0.3 is 9.47 Å². The molecule has 0 aliphatic heterocycles. The van der Waals surface area contributed by atoms with Crippen LogP contribution in [0.2, 0.25) is 0 Å². The number of rotatable bonds is 7. The topological polar surface area (TPSA) is 52.6 Å². The van der Waals surface area contributed by atoms with Crippen LogP contribution in [0, 0.1) is 11.8 Å². The van der Waals surface area contributed by atoms with E-state index in [4.69, 9.17) is 9.47 Å². The second kappa shape index (κ2) is 8.98. The molecule has 1 saturated carbocycles. The maximum atomic E-state index is 12.0. The van der Waals surface area contributed by atoms with Crippen molar-refractivity contribution in [3.8, 4) is 0 Å². The molecule has 0 spiro atoms. The fourth-order valence-electron chi connectivity index (χ4n) is 2.59. The zero-order chi connectivity index (χ0) is 15.0. The molecule has 0 heterocycles. The molecule has 0 aromatic rings. The van der Waals surface area contributed by atoms with E-state index >= 15 is 0 Å². The third-order valence-corrected chi connectivity index (χ3v) is 3.68. The molecule has 0 saturated heterocycles. The summed E-state index contributed by atoms with van der Waals surface area (Å²) >= 11 is 0. The third kappa shape index (κ3) is 5.93. The highest BCUT2D eigenvalue weighted by atomic mass is 16.5. The lowest BCUT2D eigenvalue weighted by atomic mass is 9.81. The lowest BCUT2D eigenvalue weighted by Crippen LogP contribution is -2.30. The first-order chi connectivity index (χ1) is 9.54. The first-order valence-corrected chi connectivity index (χ1v) is 7.91. The Morgan fingerprint density at radius 2 is 1.75 bits per heavy atom. The maximum absolute atomic E-state index is 12.0. The SMILES string of the molecule is CCCCCOC(=O)C1CCCC(C(=O)OC(C)C)C1. The number of ether oxygens (including phenoxy) is 2. The largest absolute Gasteiger partial charge is 0.465 e. The Hall–Kier alpha value is -1.06. The number of unbranched alkanes of at least 4 members (excludes halogenated alkanes) is 2. The molecular formula is C16H28O4. The highest BCUT2D eigenvalue weighted by Crippen LogP contribution is 2.31. The van der Waals surface area contributed by atoms with Crippen molar-refractivity contribution in [1.82, 2.24) is 0 Å². The molecule has 2 unspecified atom stereocenters. The van der Waals surface area contributed by atoms with E-state index in [1.165, 1.54) is 0 Å². The van der Waals surface area contributed by atoms with Crippen molar-refractivity contribution in [2.45, 2.75) is 71.8 Å². The molecule has 0 N–H and O–H groups in total. The first-order valence-electron chi connectivity index (χ1n) is 7.91. The molecule has 0 bridgehead atoms. The summed E-state index contributed by atoms with van der Waals surface area (Å²) < 4.78 is 10.5. The summed E-state index contributed by atoms with van der Waals surface area (Å²) in [6.45, 7) is 6.32. The quantitative estimate of drug-likeness (QED) is 0.530. The summed E-state index contributed by atoms with van der Waals surface area (Å²) in [5.41, 5.74) is 0. The molecule has 1 rings (SSSR count). The zero-order valence-electron chi connectivity index (χ0n) is 13.0. The molecule has 4 nitrogen and oxygen atoms in total. The van der Waals surface area contributed by atoms with E-state index in [0.717, 1.165) is 38.5 Å². The summed E-state index contributed by atoms with van der Waals surface area (Å²) in [4.78, 5) is 23.9. The van der Waals surface area contributed by atoms with Crippen molar-refractivity contribution < 1.29 is 19.1 Å². The van der Waals surface area contributed by atoms with Crippen molar-refractivity contribution in [3.05, 3.63) is 0 Å². The fraction of sp³-hybridized carbons (Fsp3) is 0.875. The minimum Gasteiger partial charge on any atom is -0.465 e. The van der Waals surface area contributed by atoms with Gasteiger partial charge in [0.2, 0.25) is 0 Å². The van der Waals surface area contributed by atoms with Gasteiger partial charge in [-0.05, 0) is 39.5 Å². The van der Waals surface area contributed by atoms with Crippen molar-refractivity contribution in [3.63, 3.8) is 0 Å². The van der Waals surface area contributed by atoms with Crippen LogP contribution in [0.4, 0.5) is 0 Å². The van der Waals surface area contributed by atoms with Gasteiger partial charge in [0.1, 0.15) is 0 Å². The second-order valence-corrected chi connectivity index (χ2v) is 5.92. The summed E-state index contributed by atoms with van der Waals surface area (Å²) in [5, 5.41) is 0. The molecular weight excluding hydrogens is 256 g/mol. The molecule has 1 aliphatic carbocycles. The highest BCUT2D eigenvalue weighted by molar-refractivity contribution is 5.76. The Balaban J connectivity index is 2.36. The molecule has 0 radical (unpaired) electrons. The van der Waals surface area contributed by atoms with E-state index < -0.39 is 0 Å². The Kier molecular flexibility index (Phi) is 7.63. The Morgan fingerprint density at radius 3 is 2.35 bits per heavy atom. The van der Waals surface area contributed by atoms with E-state index in [1.54, 1.807) is 0 Å². The van der Waals surface area contributed by atoms with E-state index in [2.05, 4.69) is 6.92 Å². The van der Waals surface area contributed by atoms with Gasteiger partial charge in [0.05, 0.1) is 24.5 Å². The Labute approximate surface area is 122 Å². The van der Waals surface area contributed by atoms with Crippen LogP contribution in [0.1, 0.15) is 65.7 Å². The lowest BCUT2D eigenvalue weighted by Gasteiger charge is -2.27. The molecule has 4 heteroatoms. The van der Waals surface area contributed by atoms with Gasteiger partial charge in [-0.3, -0.25) is 9.59 Å². The fourth-order valence-corrected chi connectivity index (χ4v) is 2.59. The number of hydrogen-bond acceptors (Lipinski definition) is 4. The summed E-state index contributed by atoms with van der Waals surface area (Å²) in [5.74, 6) is -0.568. The second-order valence-electron chi connectivity index (χ2n) is 5.92. The van der Waals surface area contributed by atoms with Gasteiger partial charge in [0, 0.05) is 0 Å². The van der Waals surface area contributed by atoms with Gasteiger partial charge in [-0.25, -0.2) is 0 Å². The Bertz CT molecular complexity index is 312. The molecule has 20 heavy (non-hydrogen) atoms. The Morgan fingerprint density at radius 1 is 1.10 bits per heavy atom. The average Bonchev–Trinajstić information content (AvgIpc) is 2.43. The molecule has 0 amide bonds. The van der Waals surface area contributed by atoms with Gasteiger partial charge in [-0.2, -0.15) is 0 Å². The van der Waals surface area contributed by atoms with E-state index in [-0.39, 0.29) is 29.9 Å². The molecule has 0 aromatic carbocycles. The summed E-state index contributed by atoms with van der Waals surface area (Å²) in [6.07, 6.45) is 6.16. The number of carbonyl (C=O) groups is 2. The van der Waals surface area contributed by atoms with E-state index in [0.29, 0.717) is 13.0 Å². The van der Waals surface area contributed by atoms with Crippen molar-refractivity contribution in [1.29, 1.82) is 0 Å². The van der Waals surface area contributed by atoms with Gasteiger partial charge >= 0.3 is 11.9 Å². The van der Waals surface area contributed by atoms with E-state index in [1.807, 2.05) is 13.8 Å². The van der Waals surface area contributed by atoms with Crippen LogP contribution in [-0.4, -0.2) is 24.6 Å². The van der Waals surface area contributed by atoms with Crippen LogP contribution in [-0.2, 0) is 19.1 Å². The molecule has 2 atom stereocenters. The van der Waals surface area contributed by atoms with Crippen molar-refractivity contribution >= 4 is 11.9 Å². The van der Waals surface area contributed by atoms with Crippen LogP contribution in [0.25, 0.3) is 0 Å². The van der Waals surface area contributed by atoms with Crippen molar-refractivity contribution in [2.75, 3.05) is 6.61 Å². The highest BCUT2D eigenvalue weighted by Gasteiger charge is 2.33. The summed E-state index contributed by atoms with van der Waals surface area (Å²) in [6, 6.07) is 0. The normalized spacial score (nSPS) is 22.6.